The van der Waals surface area contributed by atoms with Gasteiger partial charge in [-0.05, 0) is 58.2 Å². The van der Waals surface area contributed by atoms with Crippen molar-refractivity contribution in [3.63, 3.8) is 0 Å². The molecule has 2 heterocycles. The second-order valence-corrected chi connectivity index (χ2v) is 7.23. The van der Waals surface area contributed by atoms with Crippen LogP contribution in [0.2, 0.25) is 10.2 Å². The van der Waals surface area contributed by atoms with Crippen LogP contribution >= 0.6 is 23.2 Å². The number of nitrogens with zero attached hydrogens (tertiary/aromatic N) is 4. The summed E-state index contributed by atoms with van der Waals surface area (Å²) >= 11 is 12.6. The van der Waals surface area contributed by atoms with Gasteiger partial charge in [0.25, 0.3) is 0 Å². The Morgan fingerprint density at radius 2 is 1.92 bits per heavy atom. The first-order chi connectivity index (χ1) is 11.5. The number of hydrazone groups is 1. The summed E-state index contributed by atoms with van der Waals surface area (Å²) in [6.45, 7) is 6.38. The van der Waals surface area contributed by atoms with Gasteiger partial charge in [-0.25, -0.2) is 4.68 Å². The molecule has 24 heavy (non-hydrogen) atoms. The predicted molar refractivity (Wildman–Crippen MR) is 101 cm³/mol. The number of rotatable bonds is 3. The molecular weight excluding hydrogens is 343 g/mol. The molecule has 4 nitrogen and oxygen atoms in total. The van der Waals surface area contributed by atoms with Crippen LogP contribution in [0.3, 0.4) is 0 Å². The molecule has 0 N–H and O–H groups in total. The Labute approximate surface area is 153 Å². The predicted octanol–water partition coefficient (Wildman–Crippen LogP) is 5.08. The van der Waals surface area contributed by atoms with Crippen LogP contribution in [0.4, 0.5) is 0 Å². The zero-order valence-corrected chi connectivity index (χ0v) is 15.7. The Hall–Kier alpha value is -1.52. The third-order valence-corrected chi connectivity index (χ3v) is 5.17. The van der Waals surface area contributed by atoms with E-state index in [2.05, 4.69) is 24.0 Å². The normalized spacial score (nSPS) is 21.6. The van der Waals surface area contributed by atoms with Crippen LogP contribution in [0, 0.1) is 6.92 Å². The Morgan fingerprint density at radius 3 is 2.58 bits per heavy atom. The van der Waals surface area contributed by atoms with Gasteiger partial charge in [0.1, 0.15) is 5.15 Å². The van der Waals surface area contributed by atoms with Crippen LogP contribution in [0.15, 0.2) is 29.4 Å². The van der Waals surface area contributed by atoms with Crippen molar-refractivity contribution in [2.24, 2.45) is 5.10 Å². The zero-order valence-electron chi connectivity index (χ0n) is 14.2. The summed E-state index contributed by atoms with van der Waals surface area (Å²) in [4.78, 5) is 0. The number of piperidine rings is 1. The zero-order chi connectivity index (χ0) is 17.3. The summed E-state index contributed by atoms with van der Waals surface area (Å²) in [5.74, 6) is 0. The highest BCUT2D eigenvalue weighted by Crippen LogP contribution is 2.26. The summed E-state index contributed by atoms with van der Waals surface area (Å²) in [5, 5.41) is 12.6. The molecule has 2 atom stereocenters. The van der Waals surface area contributed by atoms with E-state index < -0.39 is 0 Å². The van der Waals surface area contributed by atoms with Crippen LogP contribution in [0.5, 0.6) is 0 Å². The molecule has 0 aliphatic carbocycles. The molecule has 0 spiro atoms. The second kappa shape index (κ2) is 7.16. The minimum atomic E-state index is 0.451. The average Bonchev–Trinajstić information content (AvgIpc) is 2.82. The van der Waals surface area contributed by atoms with E-state index in [4.69, 9.17) is 28.3 Å². The quantitative estimate of drug-likeness (QED) is 0.711. The number of benzene rings is 1. The SMILES string of the molecule is Cc1nn(-c2cccc(Cl)c2)c(Cl)c1C=NN1[C@H](C)CCC[C@H]1C. The molecule has 0 amide bonds. The maximum absolute atomic E-state index is 6.55. The van der Waals surface area contributed by atoms with Gasteiger partial charge in [-0.1, -0.05) is 29.3 Å². The molecule has 0 unspecified atom stereocenters. The van der Waals surface area contributed by atoms with E-state index in [1.54, 1.807) is 4.68 Å². The standard InChI is InChI=1S/C18H22Cl2N4/c1-12-6-4-7-13(2)23(12)21-11-17-14(3)22-24(18(17)20)16-9-5-8-15(19)10-16/h5,8-13H,4,6-7H2,1-3H3/t12-,13-/m1/s1. The van der Waals surface area contributed by atoms with Gasteiger partial charge in [0, 0.05) is 17.1 Å². The monoisotopic (exact) mass is 364 g/mol. The van der Waals surface area contributed by atoms with E-state index in [1.807, 2.05) is 37.4 Å². The van der Waals surface area contributed by atoms with Gasteiger partial charge in [0.15, 0.2) is 0 Å². The largest absolute Gasteiger partial charge is 0.292 e. The smallest absolute Gasteiger partial charge is 0.142 e. The molecule has 1 aromatic carbocycles. The summed E-state index contributed by atoms with van der Waals surface area (Å²) in [5.41, 5.74) is 2.54. The van der Waals surface area contributed by atoms with Gasteiger partial charge in [-0.3, -0.25) is 5.01 Å². The fourth-order valence-corrected chi connectivity index (χ4v) is 3.70. The lowest BCUT2D eigenvalue weighted by molar-refractivity contribution is 0.109. The highest BCUT2D eigenvalue weighted by atomic mass is 35.5. The van der Waals surface area contributed by atoms with Crippen LogP contribution in [-0.4, -0.2) is 33.1 Å². The van der Waals surface area contributed by atoms with Crippen molar-refractivity contribution >= 4 is 29.4 Å². The van der Waals surface area contributed by atoms with E-state index in [1.165, 1.54) is 19.3 Å². The Kier molecular flexibility index (Phi) is 5.16. The maximum Gasteiger partial charge on any atom is 0.142 e. The van der Waals surface area contributed by atoms with E-state index in [0.717, 1.165) is 16.9 Å². The minimum absolute atomic E-state index is 0.451. The second-order valence-electron chi connectivity index (χ2n) is 6.44. The Morgan fingerprint density at radius 1 is 1.21 bits per heavy atom. The van der Waals surface area contributed by atoms with E-state index in [0.29, 0.717) is 22.3 Å². The molecule has 3 rings (SSSR count). The first-order valence-corrected chi connectivity index (χ1v) is 9.06. The molecule has 1 aliphatic rings. The average molecular weight is 365 g/mol. The fourth-order valence-electron chi connectivity index (χ4n) is 3.20. The van der Waals surface area contributed by atoms with Crippen molar-refractivity contribution in [3.05, 3.63) is 45.7 Å². The topological polar surface area (TPSA) is 33.4 Å². The van der Waals surface area contributed by atoms with Crippen LogP contribution in [0.25, 0.3) is 5.69 Å². The number of aromatic nitrogens is 2. The molecule has 1 aromatic heterocycles. The summed E-state index contributed by atoms with van der Waals surface area (Å²) in [7, 11) is 0. The van der Waals surface area contributed by atoms with Crippen molar-refractivity contribution < 1.29 is 0 Å². The molecule has 0 radical (unpaired) electrons. The third-order valence-electron chi connectivity index (χ3n) is 4.57. The molecule has 1 aliphatic heterocycles. The van der Waals surface area contributed by atoms with Crippen molar-refractivity contribution in [3.8, 4) is 5.69 Å². The lowest BCUT2D eigenvalue weighted by Gasteiger charge is -2.36. The van der Waals surface area contributed by atoms with Gasteiger partial charge >= 0.3 is 0 Å². The lowest BCUT2D eigenvalue weighted by Crippen LogP contribution is -2.39. The molecule has 2 aromatic rings. The third kappa shape index (κ3) is 3.45. The highest BCUT2D eigenvalue weighted by Gasteiger charge is 2.23. The van der Waals surface area contributed by atoms with Crippen LogP contribution < -0.4 is 0 Å². The first kappa shape index (κ1) is 17.3. The molecule has 0 bridgehead atoms. The number of hydrogen-bond donors (Lipinski definition) is 0. The summed E-state index contributed by atoms with van der Waals surface area (Å²) in [6, 6.07) is 8.39. The minimum Gasteiger partial charge on any atom is -0.292 e. The van der Waals surface area contributed by atoms with Gasteiger partial charge in [-0.2, -0.15) is 10.2 Å². The van der Waals surface area contributed by atoms with Gasteiger partial charge < -0.3 is 0 Å². The van der Waals surface area contributed by atoms with Crippen molar-refractivity contribution in [1.82, 2.24) is 14.8 Å². The Bertz CT molecular complexity index is 743. The summed E-state index contributed by atoms with van der Waals surface area (Å²) in [6.07, 6.45) is 5.46. The van der Waals surface area contributed by atoms with Gasteiger partial charge in [0.05, 0.1) is 23.2 Å². The fraction of sp³-hybridized carbons (Fsp3) is 0.444. The molecule has 1 fully saturated rings. The van der Waals surface area contributed by atoms with E-state index in [-0.39, 0.29) is 0 Å². The van der Waals surface area contributed by atoms with Crippen molar-refractivity contribution in [2.45, 2.75) is 52.1 Å². The number of aryl methyl sites for hydroxylation is 1. The maximum atomic E-state index is 6.55. The van der Waals surface area contributed by atoms with E-state index in [9.17, 15) is 0 Å². The van der Waals surface area contributed by atoms with E-state index >= 15 is 0 Å². The van der Waals surface area contributed by atoms with Gasteiger partial charge in [0.2, 0.25) is 0 Å². The molecular formula is C18H22Cl2N4. The molecule has 6 heteroatoms. The molecule has 0 saturated carbocycles. The summed E-state index contributed by atoms with van der Waals surface area (Å²) < 4.78 is 1.70. The molecule has 128 valence electrons. The first-order valence-electron chi connectivity index (χ1n) is 8.30. The van der Waals surface area contributed by atoms with Crippen LogP contribution in [-0.2, 0) is 0 Å². The number of hydrogen-bond acceptors (Lipinski definition) is 3. The highest BCUT2D eigenvalue weighted by molar-refractivity contribution is 6.32. The van der Waals surface area contributed by atoms with Crippen molar-refractivity contribution in [1.29, 1.82) is 0 Å². The number of halogens is 2. The lowest BCUT2D eigenvalue weighted by atomic mass is 10.00. The van der Waals surface area contributed by atoms with Crippen LogP contribution in [0.1, 0.15) is 44.4 Å². The van der Waals surface area contributed by atoms with Gasteiger partial charge in [-0.15, -0.1) is 0 Å². The Balaban J connectivity index is 1.91. The van der Waals surface area contributed by atoms with Crippen molar-refractivity contribution in [2.75, 3.05) is 0 Å². The molecule has 1 saturated heterocycles.